The molecule has 2 aromatic heterocycles. The maximum absolute atomic E-state index is 9.23. The zero-order valence-corrected chi connectivity index (χ0v) is 12.9. The molecule has 1 fully saturated rings. The summed E-state index contributed by atoms with van der Waals surface area (Å²) in [6, 6.07) is 16.2. The summed E-state index contributed by atoms with van der Waals surface area (Å²) in [7, 11) is 0. The first-order valence-electron chi connectivity index (χ1n) is 8.06. The van der Waals surface area contributed by atoms with Crippen LogP contribution in [0.15, 0.2) is 48.5 Å². The molecule has 0 radical (unpaired) electrons. The summed E-state index contributed by atoms with van der Waals surface area (Å²) < 4.78 is 0. The summed E-state index contributed by atoms with van der Waals surface area (Å²) in [4.78, 5) is 11.6. The second kappa shape index (κ2) is 5.97. The molecule has 1 aliphatic rings. The molecule has 4 rings (SSSR count). The van der Waals surface area contributed by atoms with E-state index >= 15 is 0 Å². The number of hydrogen-bond donors (Lipinski definition) is 1. The molecule has 0 unspecified atom stereocenters. The molecule has 3 heterocycles. The third-order valence-corrected chi connectivity index (χ3v) is 4.38. The van der Waals surface area contributed by atoms with E-state index in [0.717, 1.165) is 35.4 Å². The SMILES string of the molecule is OCc1cccc(-c2ccc3cc(N4CCCC4)ccc3n2)n1. The van der Waals surface area contributed by atoms with Crippen molar-refractivity contribution in [1.82, 2.24) is 9.97 Å². The van der Waals surface area contributed by atoms with Gasteiger partial charge in [-0.3, -0.25) is 0 Å². The van der Waals surface area contributed by atoms with Crippen molar-refractivity contribution < 1.29 is 5.11 Å². The predicted molar refractivity (Wildman–Crippen MR) is 92.3 cm³/mol. The minimum Gasteiger partial charge on any atom is -0.390 e. The van der Waals surface area contributed by atoms with Gasteiger partial charge in [0.1, 0.15) is 0 Å². The molecule has 1 N–H and O–H groups in total. The summed E-state index contributed by atoms with van der Waals surface area (Å²) in [5.74, 6) is 0. The number of aliphatic hydroxyl groups excluding tert-OH is 1. The van der Waals surface area contributed by atoms with Crippen LogP contribution < -0.4 is 4.90 Å². The van der Waals surface area contributed by atoms with Crippen LogP contribution in [0.1, 0.15) is 18.5 Å². The Balaban J connectivity index is 1.71. The Morgan fingerprint density at radius 1 is 0.913 bits per heavy atom. The number of pyridine rings is 2. The molecule has 4 nitrogen and oxygen atoms in total. The first-order valence-corrected chi connectivity index (χ1v) is 8.06. The van der Waals surface area contributed by atoms with Gasteiger partial charge in [0.15, 0.2) is 0 Å². The molecule has 1 aliphatic heterocycles. The van der Waals surface area contributed by atoms with Gasteiger partial charge in [-0.2, -0.15) is 0 Å². The molecule has 0 aliphatic carbocycles. The second-order valence-corrected chi connectivity index (χ2v) is 5.94. The fourth-order valence-corrected chi connectivity index (χ4v) is 3.14. The maximum atomic E-state index is 9.23. The monoisotopic (exact) mass is 305 g/mol. The third kappa shape index (κ3) is 2.78. The van der Waals surface area contributed by atoms with Gasteiger partial charge in [0.2, 0.25) is 0 Å². The van der Waals surface area contributed by atoms with Crippen molar-refractivity contribution in [1.29, 1.82) is 0 Å². The Labute approximate surface area is 135 Å². The zero-order chi connectivity index (χ0) is 15.6. The molecule has 1 saturated heterocycles. The van der Waals surface area contributed by atoms with E-state index in [1.165, 1.54) is 18.5 Å². The summed E-state index contributed by atoms with van der Waals surface area (Å²) in [6.07, 6.45) is 2.56. The maximum Gasteiger partial charge on any atom is 0.0894 e. The van der Waals surface area contributed by atoms with E-state index in [0.29, 0.717) is 5.69 Å². The highest BCUT2D eigenvalue weighted by Crippen LogP contribution is 2.26. The molecule has 0 spiro atoms. The van der Waals surface area contributed by atoms with Crippen LogP contribution in [0, 0.1) is 0 Å². The van der Waals surface area contributed by atoms with E-state index < -0.39 is 0 Å². The Morgan fingerprint density at radius 2 is 1.74 bits per heavy atom. The summed E-state index contributed by atoms with van der Waals surface area (Å²) >= 11 is 0. The van der Waals surface area contributed by atoms with Crippen LogP contribution in [0.25, 0.3) is 22.3 Å². The molecular formula is C19H19N3O. The highest BCUT2D eigenvalue weighted by Gasteiger charge is 2.13. The van der Waals surface area contributed by atoms with E-state index in [1.807, 2.05) is 24.3 Å². The minimum atomic E-state index is -0.0549. The highest BCUT2D eigenvalue weighted by atomic mass is 16.3. The van der Waals surface area contributed by atoms with Gasteiger partial charge in [-0.15, -0.1) is 0 Å². The highest BCUT2D eigenvalue weighted by molar-refractivity contribution is 5.84. The normalized spacial score (nSPS) is 14.6. The van der Waals surface area contributed by atoms with Crippen LogP contribution in [0.5, 0.6) is 0 Å². The standard InChI is InChI=1S/C19H19N3O/c23-13-15-4-3-5-18(20-15)19-8-6-14-12-16(7-9-17(14)21-19)22-10-1-2-11-22/h3-9,12,23H,1-2,10-11,13H2. The van der Waals surface area contributed by atoms with E-state index in [2.05, 4.69) is 34.1 Å². The minimum absolute atomic E-state index is 0.0549. The van der Waals surface area contributed by atoms with E-state index in [4.69, 9.17) is 4.98 Å². The first-order chi connectivity index (χ1) is 11.3. The van der Waals surface area contributed by atoms with Crippen LogP contribution in [0.2, 0.25) is 0 Å². The lowest BCUT2D eigenvalue weighted by molar-refractivity contribution is 0.277. The van der Waals surface area contributed by atoms with E-state index in [9.17, 15) is 5.11 Å². The molecule has 0 bridgehead atoms. The fraction of sp³-hybridized carbons (Fsp3) is 0.263. The summed E-state index contributed by atoms with van der Waals surface area (Å²) in [5, 5.41) is 10.4. The Hall–Kier alpha value is -2.46. The topological polar surface area (TPSA) is 49.2 Å². The van der Waals surface area contributed by atoms with Gasteiger partial charge in [-0.1, -0.05) is 12.1 Å². The van der Waals surface area contributed by atoms with Crippen molar-refractivity contribution in [3.8, 4) is 11.4 Å². The lowest BCUT2D eigenvalue weighted by atomic mass is 10.1. The largest absolute Gasteiger partial charge is 0.390 e. The van der Waals surface area contributed by atoms with E-state index in [-0.39, 0.29) is 6.61 Å². The van der Waals surface area contributed by atoms with Crippen LogP contribution in [-0.4, -0.2) is 28.2 Å². The number of fused-ring (bicyclic) bond motifs is 1. The lowest BCUT2D eigenvalue weighted by Gasteiger charge is -2.18. The van der Waals surface area contributed by atoms with Gasteiger partial charge in [0.05, 0.1) is 29.2 Å². The van der Waals surface area contributed by atoms with Gasteiger partial charge in [-0.05, 0) is 49.2 Å². The molecule has 1 aromatic carbocycles. The number of nitrogens with zero attached hydrogens (tertiary/aromatic N) is 3. The van der Waals surface area contributed by atoms with Gasteiger partial charge < -0.3 is 10.0 Å². The van der Waals surface area contributed by atoms with Crippen LogP contribution in [-0.2, 0) is 6.61 Å². The third-order valence-electron chi connectivity index (χ3n) is 4.38. The Bertz CT molecular complexity index is 841. The smallest absolute Gasteiger partial charge is 0.0894 e. The predicted octanol–water partition coefficient (Wildman–Crippen LogP) is 3.39. The summed E-state index contributed by atoms with van der Waals surface area (Å²) in [6.45, 7) is 2.24. The van der Waals surface area contributed by atoms with Crippen molar-refractivity contribution in [2.75, 3.05) is 18.0 Å². The van der Waals surface area contributed by atoms with Crippen molar-refractivity contribution in [3.05, 3.63) is 54.2 Å². The van der Waals surface area contributed by atoms with Gasteiger partial charge in [-0.25, -0.2) is 9.97 Å². The molecule has 0 atom stereocenters. The number of aliphatic hydroxyl groups is 1. The summed E-state index contributed by atoms with van der Waals surface area (Å²) in [5.41, 5.74) is 4.55. The fourth-order valence-electron chi connectivity index (χ4n) is 3.14. The number of benzene rings is 1. The van der Waals surface area contributed by atoms with Crippen LogP contribution in [0.4, 0.5) is 5.69 Å². The first kappa shape index (κ1) is 14.2. The molecule has 0 amide bonds. The average Bonchev–Trinajstić information content (AvgIpc) is 3.15. The number of anilines is 1. The van der Waals surface area contributed by atoms with Crippen LogP contribution >= 0.6 is 0 Å². The number of rotatable bonds is 3. The molecule has 3 aromatic rings. The second-order valence-electron chi connectivity index (χ2n) is 5.94. The Morgan fingerprint density at radius 3 is 2.57 bits per heavy atom. The molecule has 116 valence electrons. The molecular weight excluding hydrogens is 286 g/mol. The van der Waals surface area contributed by atoms with Crippen molar-refractivity contribution in [3.63, 3.8) is 0 Å². The zero-order valence-electron chi connectivity index (χ0n) is 12.9. The lowest BCUT2D eigenvalue weighted by Crippen LogP contribution is -2.17. The molecule has 23 heavy (non-hydrogen) atoms. The quantitative estimate of drug-likeness (QED) is 0.806. The number of aromatic nitrogens is 2. The van der Waals surface area contributed by atoms with E-state index in [1.54, 1.807) is 0 Å². The molecule has 0 saturated carbocycles. The van der Waals surface area contributed by atoms with Gasteiger partial charge in [0, 0.05) is 24.2 Å². The molecule has 4 heteroatoms. The van der Waals surface area contributed by atoms with Gasteiger partial charge >= 0.3 is 0 Å². The van der Waals surface area contributed by atoms with Crippen molar-refractivity contribution in [2.24, 2.45) is 0 Å². The van der Waals surface area contributed by atoms with Crippen molar-refractivity contribution in [2.45, 2.75) is 19.4 Å². The van der Waals surface area contributed by atoms with Crippen LogP contribution in [0.3, 0.4) is 0 Å². The average molecular weight is 305 g/mol. The number of hydrogen-bond acceptors (Lipinski definition) is 4. The van der Waals surface area contributed by atoms with Gasteiger partial charge in [0.25, 0.3) is 0 Å². The van der Waals surface area contributed by atoms with Crippen molar-refractivity contribution >= 4 is 16.6 Å². The Kier molecular flexibility index (Phi) is 3.67.